The van der Waals surface area contributed by atoms with E-state index in [1.807, 2.05) is 25.1 Å². The Labute approximate surface area is 151 Å². The van der Waals surface area contributed by atoms with Gasteiger partial charge in [-0.2, -0.15) is 0 Å². The van der Waals surface area contributed by atoms with E-state index in [2.05, 4.69) is 29.8 Å². The Balaban J connectivity index is 0.00000242. The summed E-state index contributed by atoms with van der Waals surface area (Å²) < 4.78 is 5.92. The highest BCUT2D eigenvalue weighted by Crippen LogP contribution is 2.18. The summed E-state index contributed by atoms with van der Waals surface area (Å²) in [7, 11) is 0. The third kappa shape index (κ3) is 5.66. The maximum atomic E-state index is 6.09. The molecule has 1 saturated heterocycles. The van der Waals surface area contributed by atoms with E-state index in [1.165, 1.54) is 12.8 Å². The fraction of sp³-hybridized carbons (Fsp3) is 0.588. The number of hydrogen-bond donors (Lipinski definition) is 1. The number of aryl methyl sites for hydroxylation is 1. The second-order valence-corrected chi connectivity index (χ2v) is 6.06. The van der Waals surface area contributed by atoms with Gasteiger partial charge in [-0.15, -0.1) is 24.0 Å². The van der Waals surface area contributed by atoms with Gasteiger partial charge in [0.1, 0.15) is 11.9 Å². The zero-order valence-corrected chi connectivity index (χ0v) is 16.1. The first-order valence-electron chi connectivity index (χ1n) is 7.83. The van der Waals surface area contributed by atoms with Gasteiger partial charge >= 0.3 is 0 Å². The lowest BCUT2D eigenvalue weighted by molar-refractivity contribution is 0.227. The smallest absolute Gasteiger partial charge is 0.191 e. The van der Waals surface area contributed by atoms with Gasteiger partial charge < -0.3 is 15.4 Å². The molecule has 2 N–H and O–H groups in total. The van der Waals surface area contributed by atoms with Gasteiger partial charge in [0, 0.05) is 13.1 Å². The second kappa shape index (κ2) is 9.22. The van der Waals surface area contributed by atoms with Gasteiger partial charge in [0.2, 0.25) is 0 Å². The molecule has 1 fully saturated rings. The zero-order valence-electron chi connectivity index (χ0n) is 13.8. The highest BCUT2D eigenvalue weighted by Gasteiger charge is 2.17. The molecule has 2 rings (SSSR count). The number of nitrogens with two attached hydrogens (primary N) is 1. The maximum absolute atomic E-state index is 6.09. The summed E-state index contributed by atoms with van der Waals surface area (Å²) in [4.78, 5) is 6.68. The van der Waals surface area contributed by atoms with Crippen LogP contribution in [-0.2, 0) is 0 Å². The van der Waals surface area contributed by atoms with Crippen molar-refractivity contribution in [2.45, 2.75) is 39.7 Å². The molecule has 1 aliphatic rings. The molecule has 1 aromatic rings. The lowest BCUT2D eigenvalue weighted by atomic mass is 10.00. The summed E-state index contributed by atoms with van der Waals surface area (Å²) in [6.07, 6.45) is 2.42. The molecular weight excluding hydrogens is 389 g/mol. The fourth-order valence-corrected chi connectivity index (χ4v) is 2.50. The van der Waals surface area contributed by atoms with Crippen LogP contribution in [0.2, 0.25) is 0 Å². The van der Waals surface area contributed by atoms with E-state index in [1.54, 1.807) is 0 Å². The van der Waals surface area contributed by atoms with Crippen molar-refractivity contribution >= 4 is 29.9 Å². The highest BCUT2D eigenvalue weighted by atomic mass is 127. The van der Waals surface area contributed by atoms with Crippen LogP contribution in [0.4, 0.5) is 0 Å². The number of nitrogens with zero attached hydrogens (tertiary/aromatic N) is 2. The standard InChI is InChI=1S/C17H27N3O.HI/c1-13-8-10-20(11-9-13)17(18)19-12-15(3)21-16-7-5-4-6-14(16)2;/h4-7,13,15H,8-12H2,1-3H3,(H2,18,19);1H. The van der Waals surface area contributed by atoms with Gasteiger partial charge in [-0.05, 0) is 44.2 Å². The van der Waals surface area contributed by atoms with Gasteiger partial charge in [-0.3, -0.25) is 0 Å². The van der Waals surface area contributed by atoms with Crippen LogP contribution in [-0.4, -0.2) is 36.6 Å². The van der Waals surface area contributed by atoms with E-state index in [-0.39, 0.29) is 30.1 Å². The monoisotopic (exact) mass is 417 g/mol. The Hall–Kier alpha value is -0.980. The average Bonchev–Trinajstić information content (AvgIpc) is 2.48. The van der Waals surface area contributed by atoms with E-state index < -0.39 is 0 Å². The molecule has 4 nitrogen and oxygen atoms in total. The Morgan fingerprint density at radius 3 is 2.64 bits per heavy atom. The molecular formula is C17H28IN3O. The molecule has 124 valence electrons. The normalized spacial score (nSPS) is 17.8. The molecule has 0 amide bonds. The quantitative estimate of drug-likeness (QED) is 0.464. The van der Waals surface area contributed by atoms with Gasteiger partial charge in [0.05, 0.1) is 6.54 Å². The van der Waals surface area contributed by atoms with Crippen LogP contribution in [0, 0.1) is 12.8 Å². The first kappa shape index (κ1) is 19.1. The first-order valence-corrected chi connectivity index (χ1v) is 7.83. The number of rotatable bonds is 4. The highest BCUT2D eigenvalue weighted by molar-refractivity contribution is 14.0. The third-order valence-corrected chi connectivity index (χ3v) is 4.04. The summed E-state index contributed by atoms with van der Waals surface area (Å²) in [5.74, 6) is 2.38. The summed E-state index contributed by atoms with van der Waals surface area (Å²) in [5, 5.41) is 0. The number of benzene rings is 1. The van der Waals surface area contributed by atoms with Crippen LogP contribution in [0.3, 0.4) is 0 Å². The summed E-state index contributed by atoms with van der Waals surface area (Å²) >= 11 is 0. The first-order chi connectivity index (χ1) is 10.1. The van der Waals surface area contributed by atoms with Crippen molar-refractivity contribution in [1.82, 2.24) is 4.90 Å². The Morgan fingerprint density at radius 2 is 2.00 bits per heavy atom. The summed E-state index contributed by atoms with van der Waals surface area (Å²) in [5.41, 5.74) is 7.23. The second-order valence-electron chi connectivity index (χ2n) is 6.06. The van der Waals surface area contributed by atoms with Crippen molar-refractivity contribution in [1.29, 1.82) is 0 Å². The molecule has 1 atom stereocenters. The number of aliphatic imine (C=N–C) groups is 1. The van der Waals surface area contributed by atoms with E-state index in [0.29, 0.717) is 12.5 Å². The minimum absolute atomic E-state index is 0. The molecule has 0 saturated carbocycles. The van der Waals surface area contributed by atoms with Crippen LogP contribution in [0.25, 0.3) is 0 Å². The number of hydrogen-bond acceptors (Lipinski definition) is 2. The molecule has 5 heteroatoms. The van der Waals surface area contributed by atoms with Crippen molar-refractivity contribution in [3.8, 4) is 5.75 Å². The van der Waals surface area contributed by atoms with Gasteiger partial charge in [0.15, 0.2) is 5.96 Å². The SMILES string of the molecule is Cc1ccccc1OC(C)CN=C(N)N1CCC(C)CC1.I. The van der Waals surface area contributed by atoms with Crippen LogP contribution in [0.1, 0.15) is 32.3 Å². The number of para-hydroxylation sites is 1. The molecule has 22 heavy (non-hydrogen) atoms. The van der Waals surface area contributed by atoms with E-state index in [9.17, 15) is 0 Å². The molecule has 0 radical (unpaired) electrons. The fourth-order valence-electron chi connectivity index (χ4n) is 2.50. The molecule has 1 aromatic carbocycles. The van der Waals surface area contributed by atoms with Crippen LogP contribution in [0.5, 0.6) is 5.75 Å². The Kier molecular flexibility index (Phi) is 8.00. The zero-order chi connectivity index (χ0) is 15.2. The number of guanidine groups is 1. The minimum Gasteiger partial charge on any atom is -0.489 e. The van der Waals surface area contributed by atoms with Crippen LogP contribution in [0.15, 0.2) is 29.3 Å². The van der Waals surface area contributed by atoms with Crippen molar-refractivity contribution in [3.05, 3.63) is 29.8 Å². The molecule has 0 spiro atoms. The number of ether oxygens (including phenoxy) is 1. The van der Waals surface area contributed by atoms with E-state index in [0.717, 1.165) is 30.3 Å². The molecule has 0 bridgehead atoms. The van der Waals surface area contributed by atoms with Crippen LogP contribution >= 0.6 is 24.0 Å². The van der Waals surface area contributed by atoms with Gasteiger partial charge in [-0.1, -0.05) is 25.1 Å². The molecule has 1 unspecified atom stereocenters. The van der Waals surface area contributed by atoms with Gasteiger partial charge in [0.25, 0.3) is 0 Å². The molecule has 1 heterocycles. The molecule has 0 aromatic heterocycles. The third-order valence-electron chi connectivity index (χ3n) is 4.04. The van der Waals surface area contributed by atoms with E-state index >= 15 is 0 Å². The van der Waals surface area contributed by atoms with Crippen molar-refractivity contribution in [2.24, 2.45) is 16.6 Å². The lowest BCUT2D eigenvalue weighted by Gasteiger charge is -2.31. The summed E-state index contributed by atoms with van der Waals surface area (Å²) in [6, 6.07) is 8.04. The van der Waals surface area contributed by atoms with E-state index in [4.69, 9.17) is 10.5 Å². The molecule has 1 aliphatic heterocycles. The van der Waals surface area contributed by atoms with Crippen LogP contribution < -0.4 is 10.5 Å². The Morgan fingerprint density at radius 1 is 1.36 bits per heavy atom. The summed E-state index contributed by atoms with van der Waals surface area (Å²) in [6.45, 7) is 9.00. The predicted molar refractivity (Wildman–Crippen MR) is 103 cm³/mol. The van der Waals surface area contributed by atoms with Gasteiger partial charge in [-0.25, -0.2) is 4.99 Å². The Bertz CT molecular complexity index is 485. The van der Waals surface area contributed by atoms with Crippen molar-refractivity contribution in [2.75, 3.05) is 19.6 Å². The maximum Gasteiger partial charge on any atom is 0.191 e. The number of halogens is 1. The lowest BCUT2D eigenvalue weighted by Crippen LogP contribution is -2.43. The minimum atomic E-state index is 0. The molecule has 0 aliphatic carbocycles. The van der Waals surface area contributed by atoms with Crippen molar-refractivity contribution in [3.63, 3.8) is 0 Å². The van der Waals surface area contributed by atoms with Crippen molar-refractivity contribution < 1.29 is 4.74 Å². The largest absolute Gasteiger partial charge is 0.489 e. The topological polar surface area (TPSA) is 50.9 Å². The predicted octanol–water partition coefficient (Wildman–Crippen LogP) is 3.43. The number of likely N-dealkylation sites (tertiary alicyclic amines) is 1. The number of piperidine rings is 1. The average molecular weight is 417 g/mol.